The van der Waals surface area contributed by atoms with Gasteiger partial charge in [-0.05, 0) is 36.2 Å². The molecule has 0 radical (unpaired) electrons. The van der Waals surface area contributed by atoms with Gasteiger partial charge < -0.3 is 4.57 Å². The minimum Gasteiger partial charge on any atom is -0.304 e. The third-order valence-corrected chi connectivity index (χ3v) is 4.18. The number of fused-ring (bicyclic) bond motifs is 1. The minimum atomic E-state index is 0.655. The fourth-order valence-electron chi connectivity index (χ4n) is 2.94. The fraction of sp³-hybridized carbons (Fsp3) is 0.0952. The first-order valence-electron chi connectivity index (χ1n) is 8.12. The van der Waals surface area contributed by atoms with Crippen LogP contribution in [0.5, 0.6) is 0 Å². The first-order valence-corrected chi connectivity index (χ1v) is 8.12. The number of hydrogen-bond acceptors (Lipinski definition) is 3. The molecule has 4 heteroatoms. The maximum Gasteiger partial charge on any atom is 0.160 e. The molecular formula is C21H16N4. The molecule has 0 fully saturated rings. The van der Waals surface area contributed by atoms with Crippen molar-refractivity contribution >= 4 is 11.2 Å². The molecule has 0 spiro atoms. The number of nitriles is 1. The molecular weight excluding hydrogens is 308 g/mol. The molecule has 4 nitrogen and oxygen atoms in total. The number of imidazole rings is 1. The number of pyridine rings is 1. The Bertz CT molecular complexity index is 1070. The summed E-state index contributed by atoms with van der Waals surface area (Å²) in [5.41, 5.74) is 5.69. The smallest absolute Gasteiger partial charge is 0.160 e. The maximum atomic E-state index is 8.97. The molecule has 0 saturated heterocycles. The van der Waals surface area contributed by atoms with E-state index in [1.807, 2.05) is 55.6 Å². The van der Waals surface area contributed by atoms with Gasteiger partial charge in [-0.3, -0.25) is 0 Å². The molecule has 0 aliphatic carbocycles. The van der Waals surface area contributed by atoms with Gasteiger partial charge in [-0.2, -0.15) is 5.26 Å². The van der Waals surface area contributed by atoms with Crippen LogP contribution in [0.3, 0.4) is 0 Å². The third-order valence-electron chi connectivity index (χ3n) is 4.18. The van der Waals surface area contributed by atoms with Crippen molar-refractivity contribution in [3.8, 4) is 17.5 Å². The average molecular weight is 324 g/mol. The molecule has 0 bridgehead atoms. The molecule has 0 unspecified atom stereocenters. The molecule has 2 heterocycles. The van der Waals surface area contributed by atoms with Crippen molar-refractivity contribution in [1.29, 1.82) is 5.26 Å². The van der Waals surface area contributed by atoms with E-state index in [0.717, 1.165) is 33.7 Å². The van der Waals surface area contributed by atoms with E-state index in [-0.39, 0.29) is 0 Å². The molecule has 0 amide bonds. The zero-order valence-corrected chi connectivity index (χ0v) is 13.8. The summed E-state index contributed by atoms with van der Waals surface area (Å²) in [6.07, 6.45) is 1.87. The van der Waals surface area contributed by atoms with E-state index in [1.165, 1.54) is 0 Å². The van der Waals surface area contributed by atoms with Crippen LogP contribution in [0.1, 0.15) is 16.7 Å². The highest BCUT2D eigenvalue weighted by Crippen LogP contribution is 2.25. The van der Waals surface area contributed by atoms with Crippen LogP contribution in [0.2, 0.25) is 0 Å². The minimum absolute atomic E-state index is 0.655. The zero-order valence-electron chi connectivity index (χ0n) is 13.8. The van der Waals surface area contributed by atoms with Crippen molar-refractivity contribution in [3.63, 3.8) is 0 Å². The predicted molar refractivity (Wildman–Crippen MR) is 98.0 cm³/mol. The molecule has 4 aromatic rings. The third kappa shape index (κ3) is 2.88. The van der Waals surface area contributed by atoms with Gasteiger partial charge in [0, 0.05) is 11.8 Å². The molecule has 25 heavy (non-hydrogen) atoms. The van der Waals surface area contributed by atoms with Crippen molar-refractivity contribution in [1.82, 2.24) is 14.5 Å². The Kier molecular flexibility index (Phi) is 3.75. The molecule has 0 saturated carbocycles. The van der Waals surface area contributed by atoms with Gasteiger partial charge in [-0.1, -0.05) is 42.5 Å². The van der Waals surface area contributed by atoms with Crippen LogP contribution >= 0.6 is 0 Å². The van der Waals surface area contributed by atoms with E-state index in [9.17, 15) is 0 Å². The monoisotopic (exact) mass is 324 g/mol. The van der Waals surface area contributed by atoms with Crippen LogP contribution in [0.4, 0.5) is 0 Å². The molecule has 120 valence electrons. The van der Waals surface area contributed by atoms with E-state index in [1.54, 1.807) is 0 Å². The van der Waals surface area contributed by atoms with Crippen molar-refractivity contribution in [3.05, 3.63) is 83.6 Å². The van der Waals surface area contributed by atoms with Crippen molar-refractivity contribution in [2.75, 3.05) is 0 Å². The molecule has 0 N–H and O–H groups in total. The van der Waals surface area contributed by atoms with Crippen LogP contribution in [0.25, 0.3) is 22.6 Å². The lowest BCUT2D eigenvalue weighted by Gasteiger charge is -2.09. The highest BCUT2D eigenvalue weighted by atomic mass is 15.1. The number of nitrogens with zero attached hydrogens (tertiary/aromatic N) is 4. The van der Waals surface area contributed by atoms with Gasteiger partial charge >= 0.3 is 0 Å². The van der Waals surface area contributed by atoms with Crippen LogP contribution in [-0.2, 0) is 6.54 Å². The number of benzene rings is 2. The summed E-state index contributed by atoms with van der Waals surface area (Å²) in [6, 6.07) is 22.0. The molecule has 0 aliphatic rings. The first kappa shape index (κ1) is 15.1. The van der Waals surface area contributed by atoms with Crippen molar-refractivity contribution in [2.45, 2.75) is 13.5 Å². The fourth-order valence-corrected chi connectivity index (χ4v) is 2.94. The number of aromatic nitrogens is 3. The normalized spacial score (nSPS) is 10.7. The van der Waals surface area contributed by atoms with E-state index in [4.69, 9.17) is 10.2 Å². The number of aryl methyl sites for hydroxylation is 1. The highest BCUT2D eigenvalue weighted by molar-refractivity contribution is 5.77. The predicted octanol–water partition coefficient (Wildman–Crippen LogP) is 4.33. The first-order chi connectivity index (χ1) is 12.2. The lowest BCUT2D eigenvalue weighted by molar-refractivity contribution is 0.823. The van der Waals surface area contributed by atoms with Gasteiger partial charge in [0.25, 0.3) is 0 Å². The van der Waals surface area contributed by atoms with Crippen LogP contribution in [0.15, 0.2) is 66.9 Å². The largest absolute Gasteiger partial charge is 0.304 e. The van der Waals surface area contributed by atoms with Crippen molar-refractivity contribution in [2.24, 2.45) is 0 Å². The molecule has 4 rings (SSSR count). The Morgan fingerprint density at radius 3 is 2.52 bits per heavy atom. The second-order valence-electron chi connectivity index (χ2n) is 6.05. The summed E-state index contributed by atoms with van der Waals surface area (Å²) >= 11 is 0. The second-order valence-corrected chi connectivity index (χ2v) is 6.05. The van der Waals surface area contributed by atoms with Crippen LogP contribution in [0, 0.1) is 18.3 Å². The van der Waals surface area contributed by atoms with E-state index in [0.29, 0.717) is 12.1 Å². The Balaban J connectivity index is 1.86. The summed E-state index contributed by atoms with van der Waals surface area (Å²) in [6.45, 7) is 2.68. The zero-order chi connectivity index (χ0) is 17.2. The molecule has 0 aliphatic heterocycles. The van der Waals surface area contributed by atoms with Gasteiger partial charge in [0.2, 0.25) is 0 Å². The molecule has 0 atom stereocenters. The Hall–Kier alpha value is -3.45. The lowest BCUT2D eigenvalue weighted by atomic mass is 10.1. The van der Waals surface area contributed by atoms with E-state index in [2.05, 4.69) is 33.8 Å². The van der Waals surface area contributed by atoms with Gasteiger partial charge in [0.15, 0.2) is 5.65 Å². The van der Waals surface area contributed by atoms with E-state index < -0.39 is 0 Å². The number of hydrogen-bond donors (Lipinski definition) is 0. The van der Waals surface area contributed by atoms with Gasteiger partial charge in [0.1, 0.15) is 11.3 Å². The van der Waals surface area contributed by atoms with E-state index >= 15 is 0 Å². The summed E-state index contributed by atoms with van der Waals surface area (Å²) in [5.74, 6) is 0.901. The molecule has 2 aromatic heterocycles. The SMILES string of the molecule is Cc1cnc2c(c1)nc(-c1ccccc1)n2Cc1ccc(C#N)cc1. The Labute approximate surface area is 146 Å². The summed E-state index contributed by atoms with van der Waals surface area (Å²) in [7, 11) is 0. The quantitative estimate of drug-likeness (QED) is 0.564. The summed E-state index contributed by atoms with van der Waals surface area (Å²) in [4.78, 5) is 9.43. The topological polar surface area (TPSA) is 54.5 Å². The summed E-state index contributed by atoms with van der Waals surface area (Å²) < 4.78 is 2.13. The van der Waals surface area contributed by atoms with Gasteiger partial charge in [-0.25, -0.2) is 9.97 Å². The van der Waals surface area contributed by atoms with Crippen LogP contribution in [-0.4, -0.2) is 14.5 Å². The standard InChI is InChI=1S/C21H16N4/c1-15-11-19-21(23-13-15)25(14-17-9-7-16(12-22)8-10-17)20(24-19)18-5-3-2-4-6-18/h2-11,13H,14H2,1H3. The average Bonchev–Trinajstić information content (AvgIpc) is 3.00. The van der Waals surface area contributed by atoms with Gasteiger partial charge in [-0.15, -0.1) is 0 Å². The maximum absolute atomic E-state index is 8.97. The Morgan fingerprint density at radius 2 is 1.80 bits per heavy atom. The highest BCUT2D eigenvalue weighted by Gasteiger charge is 2.14. The summed E-state index contributed by atoms with van der Waals surface area (Å²) in [5, 5.41) is 8.97. The van der Waals surface area contributed by atoms with Crippen molar-refractivity contribution < 1.29 is 0 Å². The van der Waals surface area contributed by atoms with Gasteiger partial charge in [0.05, 0.1) is 18.2 Å². The lowest BCUT2D eigenvalue weighted by Crippen LogP contribution is -2.03. The second kappa shape index (κ2) is 6.21. The van der Waals surface area contributed by atoms with Crippen LogP contribution < -0.4 is 0 Å². The number of rotatable bonds is 3. The molecule has 2 aromatic carbocycles. The Morgan fingerprint density at radius 1 is 1.04 bits per heavy atom.